The van der Waals surface area contributed by atoms with Crippen molar-refractivity contribution >= 4 is 11.4 Å². The second-order valence-electron chi connectivity index (χ2n) is 6.58. The summed E-state index contributed by atoms with van der Waals surface area (Å²) in [7, 11) is 0. The largest absolute Gasteiger partial charge is 1.00 e. The lowest BCUT2D eigenvalue weighted by Gasteiger charge is -2.01. The molecular weight excluding hydrogens is 550 g/mol. The molecule has 0 bridgehead atoms. The predicted octanol–water partition coefficient (Wildman–Crippen LogP) is -2.74. The molecule has 0 spiro atoms. The van der Waals surface area contributed by atoms with Crippen molar-refractivity contribution in [1.29, 1.82) is 0 Å². The van der Waals surface area contributed by atoms with Crippen molar-refractivity contribution in [3.05, 3.63) is 49.1 Å². The topological polar surface area (TPSA) is 59.8 Å². The van der Waals surface area contributed by atoms with Gasteiger partial charge in [0.15, 0.2) is 24.8 Å². The van der Waals surface area contributed by atoms with E-state index in [0.717, 1.165) is 24.5 Å². The van der Waals surface area contributed by atoms with Crippen LogP contribution in [0.2, 0.25) is 0 Å². The highest BCUT2D eigenvalue weighted by molar-refractivity contribution is 5.30. The minimum absolute atomic E-state index is 0. The molecule has 2 heterocycles. The van der Waals surface area contributed by atoms with Crippen molar-refractivity contribution in [2.24, 2.45) is 0 Å². The fourth-order valence-corrected chi connectivity index (χ4v) is 3.01. The predicted molar refractivity (Wildman–Crippen MR) is 99.0 cm³/mol. The third-order valence-electron chi connectivity index (χ3n) is 4.34. The Hall–Kier alpha value is -0.640. The van der Waals surface area contributed by atoms with Crippen molar-refractivity contribution < 1.29 is 57.1 Å². The van der Waals surface area contributed by atoms with Crippen LogP contribution in [0.25, 0.3) is 0 Å². The maximum absolute atomic E-state index is 5.78. The van der Waals surface area contributed by atoms with Gasteiger partial charge in [0.2, 0.25) is 0 Å². The van der Waals surface area contributed by atoms with Crippen LogP contribution in [0.3, 0.4) is 0 Å². The molecule has 0 atom stereocenters. The summed E-state index contributed by atoms with van der Waals surface area (Å²) in [6.07, 6.45) is 18.7. The lowest BCUT2D eigenvalue weighted by Crippen LogP contribution is -3.00. The zero-order valence-electron chi connectivity index (χ0n) is 15.5. The number of rotatable bonds is 11. The summed E-state index contributed by atoms with van der Waals surface area (Å²) < 4.78 is 4.37. The third-order valence-corrected chi connectivity index (χ3v) is 4.34. The quantitative estimate of drug-likeness (QED) is 0.172. The Morgan fingerprint density at radius 1 is 0.577 bits per heavy atom. The summed E-state index contributed by atoms with van der Waals surface area (Å²) in [6, 6.07) is 7.89. The average Bonchev–Trinajstić information content (AvgIpc) is 2.57. The number of hydrogen-bond donors (Lipinski definition) is 2. The molecule has 0 aliphatic heterocycles. The standard InChI is InChI=1S/C20H32N4.2HI/c21-19-11-9-15-23(17-19)13-7-5-3-1-2-4-6-8-14-24-16-10-12-20(22)18-24;;/h9-12,15-18H,1-8,13-14,21-22H2;2*1H/q+2;;/p-2. The van der Waals surface area contributed by atoms with Crippen LogP contribution in [0, 0.1) is 0 Å². The Kier molecular flexibility index (Phi) is 15.0. The van der Waals surface area contributed by atoms with Gasteiger partial charge in [-0.3, -0.25) is 0 Å². The average molecular weight is 582 g/mol. The van der Waals surface area contributed by atoms with Crippen molar-refractivity contribution in [3.8, 4) is 0 Å². The molecule has 0 aliphatic carbocycles. The highest BCUT2D eigenvalue weighted by Crippen LogP contribution is 2.09. The van der Waals surface area contributed by atoms with E-state index in [-0.39, 0.29) is 48.0 Å². The van der Waals surface area contributed by atoms with Gasteiger partial charge >= 0.3 is 0 Å². The van der Waals surface area contributed by atoms with Crippen LogP contribution < -0.4 is 68.6 Å². The highest BCUT2D eigenvalue weighted by Gasteiger charge is 2.02. The third kappa shape index (κ3) is 11.2. The number of nitrogens with zero attached hydrogens (tertiary/aromatic N) is 2. The molecule has 26 heavy (non-hydrogen) atoms. The monoisotopic (exact) mass is 582 g/mol. The summed E-state index contributed by atoms with van der Waals surface area (Å²) in [5, 5.41) is 0. The summed E-state index contributed by atoms with van der Waals surface area (Å²) >= 11 is 0. The van der Waals surface area contributed by atoms with Crippen molar-refractivity contribution in [2.45, 2.75) is 64.5 Å². The minimum atomic E-state index is 0. The van der Waals surface area contributed by atoms with E-state index in [9.17, 15) is 0 Å². The molecule has 0 aromatic carbocycles. The van der Waals surface area contributed by atoms with Crippen LogP contribution in [-0.4, -0.2) is 0 Å². The van der Waals surface area contributed by atoms with Crippen LogP contribution in [0.1, 0.15) is 51.4 Å². The smallest absolute Gasteiger partial charge is 0.191 e. The molecule has 2 rings (SSSR count). The second-order valence-corrected chi connectivity index (χ2v) is 6.58. The molecule has 4 N–H and O–H groups in total. The van der Waals surface area contributed by atoms with Gasteiger partial charge in [-0.25, -0.2) is 9.13 Å². The summed E-state index contributed by atoms with van der Waals surface area (Å²) in [5.41, 5.74) is 13.3. The van der Waals surface area contributed by atoms with Gasteiger partial charge in [-0.15, -0.1) is 0 Å². The molecule has 4 nitrogen and oxygen atoms in total. The van der Waals surface area contributed by atoms with E-state index in [2.05, 4.69) is 21.5 Å². The molecule has 0 radical (unpaired) electrons. The lowest BCUT2D eigenvalue weighted by molar-refractivity contribution is -0.696. The Morgan fingerprint density at radius 3 is 1.27 bits per heavy atom. The van der Waals surface area contributed by atoms with Gasteiger partial charge in [-0.2, -0.15) is 0 Å². The van der Waals surface area contributed by atoms with E-state index in [4.69, 9.17) is 11.5 Å². The fourth-order valence-electron chi connectivity index (χ4n) is 3.01. The van der Waals surface area contributed by atoms with Crippen LogP contribution >= 0.6 is 0 Å². The Labute approximate surface area is 192 Å². The first-order chi connectivity index (χ1) is 11.7. The first-order valence-corrected chi connectivity index (χ1v) is 9.23. The van der Waals surface area contributed by atoms with Gasteiger partial charge < -0.3 is 59.4 Å². The second kappa shape index (κ2) is 15.4. The van der Waals surface area contributed by atoms with E-state index in [1.165, 1.54) is 51.4 Å². The molecule has 0 aliphatic rings. The summed E-state index contributed by atoms with van der Waals surface area (Å²) in [5.74, 6) is 0. The number of unbranched alkanes of at least 4 members (excludes halogenated alkanes) is 7. The molecular formula is C20H32I2N4. The minimum Gasteiger partial charge on any atom is -1.00 e. The van der Waals surface area contributed by atoms with Crippen molar-refractivity contribution in [1.82, 2.24) is 0 Å². The summed E-state index contributed by atoms with van der Waals surface area (Å²) in [6.45, 7) is 2.14. The number of pyridine rings is 2. The number of aromatic nitrogens is 2. The molecule has 0 amide bonds. The maximum atomic E-state index is 5.78. The van der Waals surface area contributed by atoms with E-state index in [1.807, 2.05) is 36.7 Å². The van der Waals surface area contributed by atoms with E-state index in [1.54, 1.807) is 0 Å². The van der Waals surface area contributed by atoms with Crippen LogP contribution in [-0.2, 0) is 13.1 Å². The van der Waals surface area contributed by atoms with Gasteiger partial charge in [0.05, 0.1) is 11.4 Å². The Balaban J connectivity index is 0.00000312. The molecule has 2 aromatic rings. The first-order valence-electron chi connectivity index (χ1n) is 9.23. The van der Waals surface area contributed by atoms with Gasteiger partial charge in [0, 0.05) is 25.0 Å². The zero-order chi connectivity index (χ0) is 17.0. The molecule has 0 fully saturated rings. The van der Waals surface area contributed by atoms with Crippen LogP contribution in [0.5, 0.6) is 0 Å². The molecule has 2 aromatic heterocycles. The number of halogens is 2. The van der Waals surface area contributed by atoms with Gasteiger partial charge in [0.1, 0.15) is 13.1 Å². The number of nitrogens with two attached hydrogens (primary N) is 2. The summed E-state index contributed by atoms with van der Waals surface area (Å²) in [4.78, 5) is 0. The van der Waals surface area contributed by atoms with E-state index < -0.39 is 0 Å². The normalized spacial score (nSPS) is 10.0. The van der Waals surface area contributed by atoms with Gasteiger partial charge in [-0.05, 0) is 25.0 Å². The maximum Gasteiger partial charge on any atom is 0.191 e. The Morgan fingerprint density at radius 2 is 0.923 bits per heavy atom. The number of anilines is 2. The Bertz CT molecular complexity index is 554. The SMILES string of the molecule is Nc1ccc[n+](CCCCCCCCCC[n+]2cccc(N)c2)c1.[I-].[I-]. The molecule has 6 heteroatoms. The lowest BCUT2D eigenvalue weighted by atomic mass is 10.1. The zero-order valence-corrected chi connectivity index (χ0v) is 19.8. The van der Waals surface area contributed by atoms with E-state index >= 15 is 0 Å². The molecule has 0 saturated carbocycles. The number of hydrogen-bond acceptors (Lipinski definition) is 2. The van der Waals surface area contributed by atoms with Gasteiger partial charge in [0.25, 0.3) is 0 Å². The number of nitrogen functional groups attached to an aromatic ring is 2. The van der Waals surface area contributed by atoms with Crippen molar-refractivity contribution in [2.75, 3.05) is 11.5 Å². The van der Waals surface area contributed by atoms with E-state index in [0.29, 0.717) is 0 Å². The van der Waals surface area contributed by atoms with Crippen LogP contribution in [0.15, 0.2) is 49.1 Å². The first kappa shape index (κ1) is 25.4. The van der Waals surface area contributed by atoms with Crippen LogP contribution in [0.4, 0.5) is 11.4 Å². The molecule has 146 valence electrons. The van der Waals surface area contributed by atoms with Gasteiger partial charge in [-0.1, -0.05) is 25.7 Å². The molecule has 0 unspecified atom stereocenters. The fraction of sp³-hybridized carbons (Fsp3) is 0.500. The molecule has 0 saturated heterocycles. The highest BCUT2D eigenvalue weighted by atomic mass is 127. The number of aryl methyl sites for hydroxylation is 2. The van der Waals surface area contributed by atoms with Crippen molar-refractivity contribution in [3.63, 3.8) is 0 Å².